The van der Waals surface area contributed by atoms with Gasteiger partial charge < -0.3 is 10.6 Å². The Kier molecular flexibility index (Phi) is 5.08. The molecule has 0 aliphatic rings. The first kappa shape index (κ1) is 17.4. The number of anilines is 3. The van der Waals surface area contributed by atoms with Gasteiger partial charge in [0.25, 0.3) is 5.91 Å². The Morgan fingerprint density at radius 3 is 2.15 bits per heavy atom. The van der Waals surface area contributed by atoms with E-state index in [2.05, 4.69) is 15.6 Å². The van der Waals surface area contributed by atoms with Gasteiger partial charge in [-0.3, -0.25) is 14.6 Å². The van der Waals surface area contributed by atoms with Gasteiger partial charge in [0.2, 0.25) is 0 Å². The van der Waals surface area contributed by atoms with E-state index >= 15 is 0 Å². The largest absolute Gasteiger partial charge is 0.355 e. The third-order valence-electron chi connectivity index (χ3n) is 3.88. The van der Waals surface area contributed by atoms with Crippen LogP contribution < -0.4 is 10.6 Å². The summed E-state index contributed by atoms with van der Waals surface area (Å²) in [6.07, 6.45) is 1.58. The number of aryl methyl sites for hydroxylation is 1. The summed E-state index contributed by atoms with van der Waals surface area (Å²) in [4.78, 5) is 27.8. The van der Waals surface area contributed by atoms with Gasteiger partial charge in [-0.1, -0.05) is 17.7 Å². The van der Waals surface area contributed by atoms with Crippen molar-refractivity contribution in [2.75, 3.05) is 10.6 Å². The van der Waals surface area contributed by atoms with Crippen molar-refractivity contribution in [1.82, 2.24) is 4.98 Å². The van der Waals surface area contributed by atoms with E-state index < -0.39 is 0 Å². The minimum atomic E-state index is -0.274. The zero-order chi connectivity index (χ0) is 18.5. The van der Waals surface area contributed by atoms with Crippen LogP contribution in [0.4, 0.5) is 17.1 Å². The third kappa shape index (κ3) is 4.33. The first-order valence-electron chi connectivity index (χ1n) is 8.23. The highest BCUT2D eigenvalue weighted by atomic mass is 16.2. The maximum Gasteiger partial charge on any atom is 0.274 e. The average Bonchev–Trinajstić information content (AvgIpc) is 2.64. The van der Waals surface area contributed by atoms with E-state index in [1.165, 1.54) is 6.92 Å². The van der Waals surface area contributed by atoms with Crippen molar-refractivity contribution < 1.29 is 9.59 Å². The van der Waals surface area contributed by atoms with Gasteiger partial charge in [0.1, 0.15) is 5.69 Å². The molecular formula is C21H19N3O2. The molecule has 0 aliphatic heterocycles. The molecule has 1 aromatic heterocycles. The quantitative estimate of drug-likeness (QED) is 0.664. The van der Waals surface area contributed by atoms with Crippen LogP contribution in [0.1, 0.15) is 33.3 Å². The number of hydrogen-bond acceptors (Lipinski definition) is 4. The monoisotopic (exact) mass is 345 g/mol. The minimum absolute atomic E-state index is 0.0236. The third-order valence-corrected chi connectivity index (χ3v) is 3.88. The molecule has 2 aromatic carbocycles. The predicted octanol–water partition coefficient (Wildman–Crippen LogP) is 4.59. The fraction of sp³-hybridized carbons (Fsp3) is 0.0952. The second-order valence-corrected chi connectivity index (χ2v) is 6.01. The smallest absolute Gasteiger partial charge is 0.274 e. The lowest BCUT2D eigenvalue weighted by Gasteiger charge is -2.09. The molecule has 0 unspecified atom stereocenters. The molecule has 0 fully saturated rings. The molecule has 0 radical (unpaired) electrons. The molecule has 0 atom stereocenters. The number of benzene rings is 2. The number of aromatic nitrogens is 1. The number of nitrogens with zero attached hydrogens (tertiary/aromatic N) is 1. The second-order valence-electron chi connectivity index (χ2n) is 6.01. The number of ketones is 1. The van der Waals surface area contributed by atoms with Crippen molar-refractivity contribution in [2.24, 2.45) is 0 Å². The topological polar surface area (TPSA) is 71.1 Å². The number of rotatable bonds is 5. The van der Waals surface area contributed by atoms with Gasteiger partial charge >= 0.3 is 0 Å². The molecule has 1 heterocycles. The summed E-state index contributed by atoms with van der Waals surface area (Å²) in [6, 6.07) is 18.2. The summed E-state index contributed by atoms with van der Waals surface area (Å²) in [6.45, 7) is 3.52. The van der Waals surface area contributed by atoms with Crippen LogP contribution in [0.15, 0.2) is 66.9 Å². The number of Topliss-reactive ketones (excluding diaryl/α,β-unsaturated/α-hetero) is 1. The number of amides is 1. The first-order valence-corrected chi connectivity index (χ1v) is 8.23. The highest BCUT2D eigenvalue weighted by Crippen LogP contribution is 2.18. The predicted molar refractivity (Wildman–Crippen MR) is 103 cm³/mol. The fourth-order valence-corrected chi connectivity index (χ4v) is 2.42. The van der Waals surface area contributed by atoms with Crippen LogP contribution in [0.5, 0.6) is 0 Å². The lowest BCUT2D eigenvalue weighted by Crippen LogP contribution is -2.13. The maximum absolute atomic E-state index is 12.4. The van der Waals surface area contributed by atoms with Crippen LogP contribution in [0, 0.1) is 6.92 Å². The van der Waals surface area contributed by atoms with Crippen LogP contribution in [-0.2, 0) is 0 Å². The van der Waals surface area contributed by atoms with Crippen molar-refractivity contribution in [1.29, 1.82) is 0 Å². The number of pyridine rings is 1. The highest BCUT2D eigenvalue weighted by Gasteiger charge is 2.09. The van der Waals surface area contributed by atoms with Crippen molar-refractivity contribution in [3.05, 3.63) is 83.7 Å². The van der Waals surface area contributed by atoms with Crippen molar-refractivity contribution in [3.63, 3.8) is 0 Å². The molecule has 1 amide bonds. The van der Waals surface area contributed by atoms with E-state index in [4.69, 9.17) is 0 Å². The summed E-state index contributed by atoms with van der Waals surface area (Å²) in [7, 11) is 0. The van der Waals surface area contributed by atoms with Gasteiger partial charge in [-0.2, -0.15) is 0 Å². The Labute approximate surface area is 152 Å². The van der Waals surface area contributed by atoms with Crippen LogP contribution in [-0.4, -0.2) is 16.7 Å². The lowest BCUT2D eigenvalue weighted by molar-refractivity contribution is 0.101. The fourth-order valence-electron chi connectivity index (χ4n) is 2.42. The van der Waals surface area contributed by atoms with Crippen LogP contribution in [0.25, 0.3) is 0 Å². The van der Waals surface area contributed by atoms with Gasteiger partial charge in [0.15, 0.2) is 5.78 Å². The second kappa shape index (κ2) is 7.61. The molecule has 3 rings (SSSR count). The number of hydrogen-bond donors (Lipinski definition) is 2. The number of carbonyl (C=O) groups excluding carboxylic acids is 2. The standard InChI is InChI=1S/C21H19N3O2/c1-14-3-7-18(8-4-14)24-21(26)20-13-19(11-12-22-20)23-17-9-5-16(6-10-17)15(2)25/h3-13H,1-2H3,(H,22,23)(H,24,26). The zero-order valence-electron chi connectivity index (χ0n) is 14.6. The molecule has 0 saturated carbocycles. The summed E-state index contributed by atoms with van der Waals surface area (Å²) in [5.41, 5.74) is 4.39. The average molecular weight is 345 g/mol. The van der Waals surface area contributed by atoms with Gasteiger partial charge in [-0.15, -0.1) is 0 Å². The van der Waals surface area contributed by atoms with Gasteiger partial charge in [-0.25, -0.2) is 0 Å². The molecule has 130 valence electrons. The Balaban J connectivity index is 1.72. The molecular weight excluding hydrogens is 326 g/mol. The number of nitrogens with one attached hydrogen (secondary N) is 2. The Morgan fingerprint density at radius 2 is 1.50 bits per heavy atom. The van der Waals surface area contributed by atoms with E-state index in [1.807, 2.05) is 43.3 Å². The Hall–Kier alpha value is -3.47. The van der Waals surface area contributed by atoms with E-state index in [-0.39, 0.29) is 11.7 Å². The zero-order valence-corrected chi connectivity index (χ0v) is 14.6. The van der Waals surface area contributed by atoms with E-state index in [9.17, 15) is 9.59 Å². The van der Waals surface area contributed by atoms with Crippen molar-refractivity contribution in [3.8, 4) is 0 Å². The van der Waals surface area contributed by atoms with Crippen molar-refractivity contribution in [2.45, 2.75) is 13.8 Å². The molecule has 5 heteroatoms. The van der Waals surface area contributed by atoms with Gasteiger partial charge in [0, 0.05) is 28.8 Å². The molecule has 0 spiro atoms. The molecule has 26 heavy (non-hydrogen) atoms. The van der Waals surface area contributed by atoms with E-state index in [1.54, 1.807) is 30.5 Å². The van der Waals surface area contributed by atoms with Crippen LogP contribution in [0.3, 0.4) is 0 Å². The van der Waals surface area contributed by atoms with Gasteiger partial charge in [0.05, 0.1) is 0 Å². The molecule has 3 aromatic rings. The highest BCUT2D eigenvalue weighted by molar-refractivity contribution is 6.03. The van der Waals surface area contributed by atoms with E-state index in [0.29, 0.717) is 11.3 Å². The van der Waals surface area contributed by atoms with Crippen molar-refractivity contribution >= 4 is 28.8 Å². The molecule has 0 saturated heterocycles. The summed E-state index contributed by atoms with van der Waals surface area (Å²) < 4.78 is 0. The molecule has 0 aliphatic carbocycles. The van der Waals surface area contributed by atoms with Gasteiger partial charge in [-0.05, 0) is 62.4 Å². The summed E-state index contributed by atoms with van der Waals surface area (Å²) >= 11 is 0. The maximum atomic E-state index is 12.4. The molecule has 0 bridgehead atoms. The van der Waals surface area contributed by atoms with Crippen LogP contribution >= 0.6 is 0 Å². The normalized spacial score (nSPS) is 10.2. The SMILES string of the molecule is CC(=O)c1ccc(Nc2ccnc(C(=O)Nc3ccc(C)cc3)c2)cc1. The summed E-state index contributed by atoms with van der Waals surface area (Å²) in [5, 5.41) is 6.04. The van der Waals surface area contributed by atoms with E-state index in [0.717, 1.165) is 22.6 Å². The number of carbonyl (C=O) groups is 2. The Morgan fingerprint density at radius 1 is 0.846 bits per heavy atom. The minimum Gasteiger partial charge on any atom is -0.355 e. The Bertz CT molecular complexity index is 932. The first-order chi connectivity index (χ1) is 12.5. The van der Waals surface area contributed by atoms with Crippen LogP contribution in [0.2, 0.25) is 0 Å². The molecule has 5 nitrogen and oxygen atoms in total. The summed E-state index contributed by atoms with van der Waals surface area (Å²) in [5.74, 6) is -0.250. The lowest BCUT2D eigenvalue weighted by atomic mass is 10.1. The molecule has 2 N–H and O–H groups in total.